The summed E-state index contributed by atoms with van der Waals surface area (Å²) < 4.78 is 0. The number of Topliss-reactive ketones (excluding diaryl/α,β-unsaturated/α-hetero) is 1. The van der Waals surface area contributed by atoms with Crippen molar-refractivity contribution in [1.29, 1.82) is 0 Å². The largest absolute Gasteiger partial charge is 0.331 e. The van der Waals surface area contributed by atoms with Gasteiger partial charge >= 0.3 is 0 Å². The number of hydrogen-bond donors (Lipinski definition) is 2. The predicted octanol–water partition coefficient (Wildman–Crippen LogP) is 3.39. The number of hydrogen-bond acceptors (Lipinski definition) is 7. The van der Waals surface area contributed by atoms with Crippen LogP contribution in [0.5, 0.6) is 0 Å². The van der Waals surface area contributed by atoms with Crippen molar-refractivity contribution in [2.75, 3.05) is 31.6 Å². The maximum atomic E-state index is 12.5. The highest BCUT2D eigenvalue weighted by atomic mass is 16.5. The molecule has 1 aromatic heterocycles. The number of benzene rings is 1. The molecule has 1 atom stereocenters. The molecule has 1 unspecified atom stereocenters. The average Bonchev–Trinajstić information content (AvgIpc) is 2.83. The first kappa shape index (κ1) is 23.8. The lowest BCUT2D eigenvalue weighted by atomic mass is 10.0. The van der Waals surface area contributed by atoms with Crippen LogP contribution < -0.4 is 10.4 Å². The van der Waals surface area contributed by atoms with Crippen molar-refractivity contribution in [3.63, 3.8) is 0 Å². The normalized spacial score (nSPS) is 16.7. The van der Waals surface area contributed by atoms with Gasteiger partial charge in [-0.25, -0.2) is 15.4 Å². The van der Waals surface area contributed by atoms with E-state index in [0.717, 1.165) is 51.7 Å². The smallest absolute Gasteiger partial charge is 0.243 e. The van der Waals surface area contributed by atoms with Crippen molar-refractivity contribution in [1.82, 2.24) is 20.3 Å². The summed E-state index contributed by atoms with van der Waals surface area (Å²) in [5, 5.41) is 8.46. The third-order valence-electron chi connectivity index (χ3n) is 5.92. The molecule has 2 heterocycles. The number of rotatable bonds is 11. The zero-order chi connectivity index (χ0) is 22.8. The molecular weight excluding hydrogens is 406 g/mol. The second-order valence-electron chi connectivity index (χ2n) is 8.38. The van der Waals surface area contributed by atoms with Crippen molar-refractivity contribution in [2.45, 2.75) is 51.0 Å². The van der Waals surface area contributed by atoms with E-state index < -0.39 is 0 Å². The molecule has 1 amide bonds. The standard InChI is InChI=1S/C24H33N5O3/c1-28-14-15-29(21(18-28)19-10-6-5-7-11-19)24-25-16-20(17-26-24)22(30)12-8-3-2-4-9-13-23(31)27-32/h5-7,10-11,16-17,21,32H,2-4,8-9,12-15,18H2,1H3,(H,27,31). The predicted molar refractivity (Wildman–Crippen MR) is 123 cm³/mol. The highest BCUT2D eigenvalue weighted by Gasteiger charge is 2.28. The van der Waals surface area contributed by atoms with Crippen LogP contribution in [0.3, 0.4) is 0 Å². The molecule has 0 saturated carbocycles. The van der Waals surface area contributed by atoms with E-state index in [4.69, 9.17) is 5.21 Å². The molecule has 0 spiro atoms. The molecule has 1 aliphatic rings. The van der Waals surface area contributed by atoms with Crippen LogP contribution in [-0.2, 0) is 4.79 Å². The van der Waals surface area contributed by atoms with Gasteiger partial charge in [-0.3, -0.25) is 14.8 Å². The number of amides is 1. The van der Waals surface area contributed by atoms with Gasteiger partial charge in [0.25, 0.3) is 0 Å². The Morgan fingerprint density at radius 2 is 1.66 bits per heavy atom. The Hall–Kier alpha value is -2.84. The number of likely N-dealkylation sites (N-methyl/N-ethyl adjacent to an activating group) is 1. The number of aromatic nitrogens is 2. The van der Waals surface area contributed by atoms with E-state index in [2.05, 4.69) is 51.1 Å². The number of unbranched alkanes of at least 4 members (excludes halogenated alkanes) is 4. The molecule has 3 rings (SSSR count). The molecule has 0 radical (unpaired) electrons. The number of carbonyl (C=O) groups excluding carboxylic acids is 2. The fourth-order valence-electron chi connectivity index (χ4n) is 4.03. The summed E-state index contributed by atoms with van der Waals surface area (Å²) in [6, 6.07) is 10.6. The van der Waals surface area contributed by atoms with E-state index in [1.165, 1.54) is 5.56 Å². The van der Waals surface area contributed by atoms with E-state index >= 15 is 0 Å². The molecule has 2 N–H and O–H groups in total. The molecule has 1 fully saturated rings. The van der Waals surface area contributed by atoms with Crippen molar-refractivity contribution < 1.29 is 14.8 Å². The highest BCUT2D eigenvalue weighted by Crippen LogP contribution is 2.28. The molecule has 8 heteroatoms. The van der Waals surface area contributed by atoms with Gasteiger partial charge < -0.3 is 9.80 Å². The van der Waals surface area contributed by atoms with Crippen molar-refractivity contribution in [3.8, 4) is 0 Å². The van der Waals surface area contributed by atoms with Gasteiger partial charge in [-0.2, -0.15) is 0 Å². The van der Waals surface area contributed by atoms with Crippen molar-refractivity contribution >= 4 is 17.6 Å². The van der Waals surface area contributed by atoms with Crippen LogP contribution in [0.4, 0.5) is 5.95 Å². The zero-order valence-corrected chi connectivity index (χ0v) is 18.7. The number of ketones is 1. The van der Waals surface area contributed by atoms with Gasteiger partial charge in [-0.15, -0.1) is 0 Å². The first-order valence-electron chi connectivity index (χ1n) is 11.4. The minimum Gasteiger partial charge on any atom is -0.331 e. The molecule has 32 heavy (non-hydrogen) atoms. The average molecular weight is 440 g/mol. The monoisotopic (exact) mass is 439 g/mol. The summed E-state index contributed by atoms with van der Waals surface area (Å²) in [6.45, 7) is 2.68. The minimum absolute atomic E-state index is 0.0641. The first-order valence-corrected chi connectivity index (χ1v) is 11.4. The van der Waals surface area contributed by atoms with Gasteiger partial charge in [0, 0.05) is 44.9 Å². The molecule has 2 aromatic rings. The fraction of sp³-hybridized carbons (Fsp3) is 0.500. The van der Waals surface area contributed by atoms with Crippen LogP contribution in [0.1, 0.15) is 66.9 Å². The lowest BCUT2D eigenvalue weighted by Crippen LogP contribution is -2.47. The van der Waals surface area contributed by atoms with Crippen LogP contribution in [0.25, 0.3) is 0 Å². The number of piperazine rings is 1. The van der Waals surface area contributed by atoms with Gasteiger partial charge in [0.2, 0.25) is 11.9 Å². The summed E-state index contributed by atoms with van der Waals surface area (Å²) in [6.07, 6.45) is 8.47. The first-order chi connectivity index (χ1) is 15.6. The topological polar surface area (TPSA) is 98.7 Å². The molecule has 1 saturated heterocycles. The lowest BCUT2D eigenvalue weighted by Gasteiger charge is -2.40. The minimum atomic E-state index is -0.352. The third-order valence-corrected chi connectivity index (χ3v) is 5.92. The molecule has 8 nitrogen and oxygen atoms in total. The Kier molecular flexibility index (Phi) is 9.13. The lowest BCUT2D eigenvalue weighted by molar-refractivity contribution is -0.129. The number of nitrogens with zero attached hydrogens (tertiary/aromatic N) is 4. The van der Waals surface area contributed by atoms with Crippen LogP contribution in [-0.4, -0.2) is 58.4 Å². The molecule has 1 aliphatic heterocycles. The van der Waals surface area contributed by atoms with Crippen LogP contribution in [0.2, 0.25) is 0 Å². The number of carbonyl (C=O) groups is 2. The Morgan fingerprint density at radius 1 is 1.00 bits per heavy atom. The Labute approximate surface area is 189 Å². The summed E-state index contributed by atoms with van der Waals surface area (Å²) in [4.78, 5) is 37.1. The molecule has 172 valence electrons. The Bertz CT molecular complexity index is 860. The van der Waals surface area contributed by atoms with E-state index in [0.29, 0.717) is 24.4 Å². The fourth-order valence-corrected chi connectivity index (χ4v) is 4.03. The zero-order valence-electron chi connectivity index (χ0n) is 18.7. The quantitative estimate of drug-likeness (QED) is 0.240. The van der Waals surface area contributed by atoms with E-state index in [1.807, 2.05) is 6.07 Å². The van der Waals surface area contributed by atoms with E-state index in [9.17, 15) is 9.59 Å². The van der Waals surface area contributed by atoms with Crippen LogP contribution in [0.15, 0.2) is 42.7 Å². The summed E-state index contributed by atoms with van der Waals surface area (Å²) in [7, 11) is 2.13. The molecule has 1 aromatic carbocycles. The van der Waals surface area contributed by atoms with Gasteiger partial charge in [0.05, 0.1) is 11.6 Å². The summed E-state index contributed by atoms with van der Waals surface area (Å²) in [5.41, 5.74) is 3.43. The van der Waals surface area contributed by atoms with Crippen molar-refractivity contribution in [2.24, 2.45) is 0 Å². The van der Waals surface area contributed by atoms with E-state index in [1.54, 1.807) is 17.9 Å². The van der Waals surface area contributed by atoms with Crippen LogP contribution >= 0.6 is 0 Å². The summed E-state index contributed by atoms with van der Waals surface area (Å²) in [5.74, 6) is 0.375. The number of hydroxylamine groups is 1. The number of anilines is 1. The molecule has 0 bridgehead atoms. The Morgan fingerprint density at radius 3 is 2.34 bits per heavy atom. The second kappa shape index (κ2) is 12.3. The van der Waals surface area contributed by atoms with Gasteiger partial charge in [0.1, 0.15) is 0 Å². The summed E-state index contributed by atoms with van der Waals surface area (Å²) >= 11 is 0. The van der Waals surface area contributed by atoms with Gasteiger partial charge in [-0.1, -0.05) is 49.6 Å². The maximum absolute atomic E-state index is 12.5. The Balaban J connectivity index is 1.49. The van der Waals surface area contributed by atoms with Gasteiger partial charge in [0.15, 0.2) is 5.78 Å². The number of nitrogens with one attached hydrogen (secondary N) is 1. The van der Waals surface area contributed by atoms with E-state index in [-0.39, 0.29) is 17.7 Å². The maximum Gasteiger partial charge on any atom is 0.243 e. The highest BCUT2D eigenvalue weighted by molar-refractivity contribution is 5.95. The van der Waals surface area contributed by atoms with Crippen LogP contribution in [0, 0.1) is 0 Å². The van der Waals surface area contributed by atoms with Gasteiger partial charge in [-0.05, 0) is 25.5 Å². The second-order valence-corrected chi connectivity index (χ2v) is 8.38. The molecular formula is C24H33N5O3. The third kappa shape index (κ3) is 6.83. The molecule has 0 aliphatic carbocycles. The van der Waals surface area contributed by atoms with Crippen molar-refractivity contribution in [3.05, 3.63) is 53.9 Å². The SMILES string of the molecule is CN1CCN(c2ncc(C(=O)CCCCCCCC(=O)NO)cn2)C(c2ccccc2)C1.